The fourth-order valence-corrected chi connectivity index (χ4v) is 2.15. The number of amidine groups is 1. The molecular weight excluding hydrogens is 188 g/mol. The number of aliphatic imine (C=N–C) groups is 1. The third kappa shape index (κ3) is 3.72. The van der Waals surface area contributed by atoms with Crippen molar-refractivity contribution in [2.75, 3.05) is 30.9 Å². The molecule has 0 fully saturated rings. The Hall–Kier alpha value is 0.170. The maximum Gasteiger partial charge on any atom is 0.156 e. The van der Waals surface area contributed by atoms with Crippen LogP contribution in [-0.2, 0) is 0 Å². The molecule has 1 aliphatic rings. The second-order valence-electron chi connectivity index (χ2n) is 2.98. The monoisotopic (exact) mass is 204 g/mol. The van der Waals surface area contributed by atoms with Crippen LogP contribution in [-0.4, -0.2) is 36.0 Å². The Kier molecular flexibility index (Phi) is 4.92. The van der Waals surface area contributed by atoms with Crippen molar-refractivity contribution in [2.24, 2.45) is 10.9 Å². The van der Waals surface area contributed by atoms with Crippen molar-refractivity contribution in [3.8, 4) is 0 Å². The van der Waals surface area contributed by atoms with Gasteiger partial charge in [0.15, 0.2) is 5.17 Å². The molecule has 0 saturated heterocycles. The summed E-state index contributed by atoms with van der Waals surface area (Å²) in [5, 5.41) is 4.48. The van der Waals surface area contributed by atoms with Gasteiger partial charge in [-0.05, 0) is 12.2 Å². The summed E-state index contributed by atoms with van der Waals surface area (Å²) in [5.74, 6) is 3.13. The Morgan fingerprint density at radius 3 is 3.17 bits per heavy atom. The maximum absolute atomic E-state index is 4.44. The molecule has 2 nitrogen and oxygen atoms in total. The van der Waals surface area contributed by atoms with E-state index in [2.05, 4.69) is 23.5 Å². The van der Waals surface area contributed by atoms with Gasteiger partial charge in [0.05, 0.1) is 0 Å². The molecule has 1 aliphatic heterocycles. The standard InChI is InChI=1S/C8H16N2S2/c1-7-5-10-8(12-6-7)9-3-4-11-2/h7H,3-6H2,1-2H3,(H,9,10). The third-order valence-electron chi connectivity index (χ3n) is 1.63. The molecule has 1 atom stereocenters. The zero-order chi connectivity index (χ0) is 8.81. The maximum atomic E-state index is 4.44. The number of hydrogen-bond donors (Lipinski definition) is 1. The van der Waals surface area contributed by atoms with E-state index in [4.69, 9.17) is 0 Å². The van der Waals surface area contributed by atoms with E-state index >= 15 is 0 Å². The third-order valence-corrected chi connectivity index (χ3v) is 3.53. The van der Waals surface area contributed by atoms with Crippen LogP contribution in [0, 0.1) is 5.92 Å². The van der Waals surface area contributed by atoms with Gasteiger partial charge in [0, 0.05) is 24.6 Å². The average Bonchev–Trinajstić information content (AvgIpc) is 2.09. The largest absolute Gasteiger partial charge is 0.364 e. The lowest BCUT2D eigenvalue weighted by Crippen LogP contribution is -2.27. The van der Waals surface area contributed by atoms with Crippen LogP contribution < -0.4 is 5.32 Å². The van der Waals surface area contributed by atoms with Crippen molar-refractivity contribution in [1.82, 2.24) is 5.32 Å². The first-order valence-electron chi connectivity index (χ1n) is 4.23. The van der Waals surface area contributed by atoms with Gasteiger partial charge in [0.25, 0.3) is 0 Å². The second kappa shape index (κ2) is 5.75. The highest BCUT2D eigenvalue weighted by Crippen LogP contribution is 2.15. The van der Waals surface area contributed by atoms with Crippen molar-refractivity contribution < 1.29 is 0 Å². The number of rotatable bonds is 3. The van der Waals surface area contributed by atoms with E-state index in [9.17, 15) is 0 Å². The summed E-state index contributed by atoms with van der Waals surface area (Å²) in [7, 11) is 0. The zero-order valence-electron chi connectivity index (χ0n) is 7.67. The second-order valence-corrected chi connectivity index (χ2v) is 4.98. The SMILES string of the molecule is CSCCNC1=NCC(C)CS1. The van der Waals surface area contributed by atoms with Crippen LogP contribution in [0.15, 0.2) is 4.99 Å². The molecule has 1 heterocycles. The Morgan fingerprint density at radius 2 is 2.58 bits per heavy atom. The molecule has 0 aliphatic carbocycles. The molecule has 70 valence electrons. The average molecular weight is 204 g/mol. The van der Waals surface area contributed by atoms with Gasteiger partial charge in [-0.25, -0.2) is 0 Å². The topological polar surface area (TPSA) is 24.4 Å². The Labute approximate surface area is 83.0 Å². The molecule has 0 aromatic rings. The van der Waals surface area contributed by atoms with Crippen molar-refractivity contribution in [2.45, 2.75) is 6.92 Å². The summed E-state index contributed by atoms with van der Waals surface area (Å²) in [6, 6.07) is 0. The fraction of sp³-hybridized carbons (Fsp3) is 0.875. The van der Waals surface area contributed by atoms with Gasteiger partial charge in [-0.3, -0.25) is 4.99 Å². The van der Waals surface area contributed by atoms with Crippen molar-refractivity contribution >= 4 is 28.7 Å². The highest BCUT2D eigenvalue weighted by molar-refractivity contribution is 8.13. The Morgan fingerprint density at radius 1 is 1.75 bits per heavy atom. The van der Waals surface area contributed by atoms with Crippen LogP contribution in [0.4, 0.5) is 0 Å². The highest BCUT2D eigenvalue weighted by Gasteiger charge is 2.10. The first-order chi connectivity index (χ1) is 5.83. The van der Waals surface area contributed by atoms with Gasteiger partial charge < -0.3 is 5.32 Å². The lowest BCUT2D eigenvalue weighted by Gasteiger charge is -2.17. The van der Waals surface area contributed by atoms with Crippen LogP contribution in [0.25, 0.3) is 0 Å². The fourth-order valence-electron chi connectivity index (χ4n) is 0.925. The highest BCUT2D eigenvalue weighted by atomic mass is 32.2. The van der Waals surface area contributed by atoms with Gasteiger partial charge in [-0.2, -0.15) is 11.8 Å². The summed E-state index contributed by atoms with van der Waals surface area (Å²) >= 11 is 3.72. The van der Waals surface area contributed by atoms with Crippen LogP contribution in [0.2, 0.25) is 0 Å². The minimum Gasteiger partial charge on any atom is -0.364 e. The smallest absolute Gasteiger partial charge is 0.156 e. The van der Waals surface area contributed by atoms with Gasteiger partial charge in [-0.15, -0.1) is 0 Å². The van der Waals surface area contributed by atoms with Gasteiger partial charge in [0.1, 0.15) is 0 Å². The molecule has 0 spiro atoms. The zero-order valence-corrected chi connectivity index (χ0v) is 9.30. The quantitative estimate of drug-likeness (QED) is 0.708. The Balaban J connectivity index is 2.15. The lowest BCUT2D eigenvalue weighted by molar-refractivity contribution is 0.670. The Bertz CT molecular complexity index is 159. The van der Waals surface area contributed by atoms with E-state index in [1.165, 1.54) is 5.75 Å². The van der Waals surface area contributed by atoms with E-state index in [-0.39, 0.29) is 0 Å². The molecule has 0 aromatic heterocycles. The minimum absolute atomic E-state index is 0.751. The molecule has 4 heteroatoms. The summed E-state index contributed by atoms with van der Waals surface area (Å²) < 4.78 is 0. The number of hydrogen-bond acceptors (Lipinski definition) is 4. The summed E-state index contributed by atoms with van der Waals surface area (Å²) in [4.78, 5) is 4.44. The normalized spacial score (nSPS) is 23.5. The van der Waals surface area contributed by atoms with E-state index in [0.717, 1.165) is 29.9 Å². The first kappa shape index (κ1) is 10.3. The van der Waals surface area contributed by atoms with Gasteiger partial charge in [-0.1, -0.05) is 18.7 Å². The van der Waals surface area contributed by atoms with Gasteiger partial charge in [0.2, 0.25) is 0 Å². The molecule has 1 unspecified atom stereocenters. The molecule has 1 N–H and O–H groups in total. The molecule has 0 radical (unpaired) electrons. The molecule has 0 amide bonds. The van der Waals surface area contributed by atoms with Crippen LogP contribution in [0.1, 0.15) is 6.92 Å². The molecule has 12 heavy (non-hydrogen) atoms. The van der Waals surface area contributed by atoms with E-state index in [1.54, 1.807) is 0 Å². The number of nitrogens with zero attached hydrogens (tertiary/aromatic N) is 1. The minimum atomic E-state index is 0.751. The first-order valence-corrected chi connectivity index (χ1v) is 6.61. The molecule has 0 saturated carbocycles. The van der Waals surface area contributed by atoms with Crippen molar-refractivity contribution in [3.63, 3.8) is 0 Å². The number of thioether (sulfide) groups is 2. The van der Waals surface area contributed by atoms with Gasteiger partial charge >= 0.3 is 0 Å². The van der Waals surface area contributed by atoms with E-state index in [1.807, 2.05) is 23.5 Å². The summed E-state index contributed by atoms with van der Waals surface area (Å²) in [6.45, 7) is 4.28. The van der Waals surface area contributed by atoms with E-state index in [0.29, 0.717) is 0 Å². The lowest BCUT2D eigenvalue weighted by atomic mass is 10.2. The van der Waals surface area contributed by atoms with Crippen LogP contribution >= 0.6 is 23.5 Å². The predicted molar refractivity (Wildman–Crippen MR) is 60.3 cm³/mol. The summed E-state index contributed by atoms with van der Waals surface area (Å²) in [6.07, 6.45) is 2.12. The summed E-state index contributed by atoms with van der Waals surface area (Å²) in [5.41, 5.74) is 0. The predicted octanol–water partition coefficient (Wildman–Crippen LogP) is 1.68. The van der Waals surface area contributed by atoms with E-state index < -0.39 is 0 Å². The van der Waals surface area contributed by atoms with Crippen molar-refractivity contribution in [3.05, 3.63) is 0 Å². The number of nitrogens with one attached hydrogen (secondary N) is 1. The van der Waals surface area contributed by atoms with Crippen LogP contribution in [0.3, 0.4) is 0 Å². The van der Waals surface area contributed by atoms with Crippen LogP contribution in [0.5, 0.6) is 0 Å². The molecular formula is C8H16N2S2. The molecule has 1 rings (SSSR count). The molecule has 0 aromatic carbocycles. The van der Waals surface area contributed by atoms with Crippen molar-refractivity contribution in [1.29, 1.82) is 0 Å². The molecule has 0 bridgehead atoms.